The molecule has 0 saturated carbocycles. The van der Waals surface area contributed by atoms with Gasteiger partial charge in [0.25, 0.3) is 0 Å². The Kier molecular flexibility index (Phi) is 7.00. The van der Waals surface area contributed by atoms with Crippen molar-refractivity contribution in [1.82, 2.24) is 5.32 Å². The molecule has 0 radical (unpaired) electrons. The Hall–Kier alpha value is -0.420. The van der Waals surface area contributed by atoms with Gasteiger partial charge >= 0.3 is 0 Å². The maximum absolute atomic E-state index is 11.6. The third-order valence-electron chi connectivity index (χ3n) is 2.69. The predicted molar refractivity (Wildman–Crippen MR) is 82.0 cm³/mol. The van der Waals surface area contributed by atoms with Crippen LogP contribution in [0.5, 0.6) is 0 Å². The third kappa shape index (κ3) is 5.61. The molecule has 0 aliphatic carbocycles. The highest BCUT2D eigenvalue weighted by atomic mass is 35.5. The molecule has 0 aliphatic heterocycles. The number of hydrogen-bond acceptors (Lipinski definition) is 3. The Morgan fingerprint density at radius 3 is 2.74 bits per heavy atom. The molecule has 0 spiro atoms. The molecule has 19 heavy (non-hydrogen) atoms. The molecule has 1 aromatic carbocycles. The van der Waals surface area contributed by atoms with Crippen LogP contribution >= 0.6 is 35.0 Å². The number of carbonyl (C=O) groups is 1. The van der Waals surface area contributed by atoms with Crippen LogP contribution in [0.1, 0.15) is 25.0 Å². The summed E-state index contributed by atoms with van der Waals surface area (Å²) in [6, 6.07) is 4.88. The molecule has 1 aromatic rings. The van der Waals surface area contributed by atoms with Crippen LogP contribution in [-0.2, 0) is 4.79 Å². The second-order valence-corrected chi connectivity index (χ2v) is 6.36. The van der Waals surface area contributed by atoms with E-state index in [9.17, 15) is 9.90 Å². The van der Waals surface area contributed by atoms with Crippen LogP contribution < -0.4 is 5.32 Å². The molecule has 0 saturated heterocycles. The maximum atomic E-state index is 11.6. The summed E-state index contributed by atoms with van der Waals surface area (Å²) in [6.45, 7) is 2.12. The zero-order valence-corrected chi connectivity index (χ0v) is 13.1. The summed E-state index contributed by atoms with van der Waals surface area (Å²) in [7, 11) is 0. The van der Waals surface area contributed by atoms with Crippen molar-refractivity contribution in [3.63, 3.8) is 0 Å². The summed E-state index contributed by atoms with van der Waals surface area (Å²) < 4.78 is 0. The van der Waals surface area contributed by atoms with Gasteiger partial charge in [-0.2, -0.15) is 11.8 Å². The van der Waals surface area contributed by atoms with Crippen molar-refractivity contribution in [2.45, 2.75) is 24.7 Å². The maximum Gasteiger partial charge on any atom is 0.221 e. The lowest BCUT2D eigenvalue weighted by Crippen LogP contribution is -2.30. The minimum atomic E-state index is -0.835. The van der Waals surface area contributed by atoms with Gasteiger partial charge in [0.15, 0.2) is 0 Å². The molecular weight excluding hydrogens is 305 g/mol. The fourth-order valence-corrected chi connectivity index (χ4v) is 2.36. The largest absolute Gasteiger partial charge is 0.387 e. The minimum absolute atomic E-state index is 0.0778. The van der Waals surface area contributed by atoms with E-state index in [4.69, 9.17) is 23.2 Å². The van der Waals surface area contributed by atoms with Crippen molar-refractivity contribution in [2.75, 3.05) is 12.8 Å². The zero-order chi connectivity index (χ0) is 14.4. The number of thioether (sulfide) groups is 1. The van der Waals surface area contributed by atoms with Gasteiger partial charge in [-0.1, -0.05) is 36.2 Å². The normalized spacial score (nSPS) is 13.9. The molecule has 6 heteroatoms. The van der Waals surface area contributed by atoms with Crippen molar-refractivity contribution in [2.24, 2.45) is 0 Å². The highest BCUT2D eigenvalue weighted by Gasteiger charge is 2.14. The molecule has 3 nitrogen and oxygen atoms in total. The molecular formula is C13H17Cl2NO2S. The Morgan fingerprint density at radius 1 is 1.47 bits per heavy atom. The molecule has 1 rings (SSSR count). The Bertz CT molecular complexity index is 443. The highest BCUT2D eigenvalue weighted by Crippen LogP contribution is 2.25. The van der Waals surface area contributed by atoms with Crippen molar-refractivity contribution >= 4 is 40.9 Å². The lowest BCUT2D eigenvalue weighted by Gasteiger charge is -2.15. The van der Waals surface area contributed by atoms with Gasteiger partial charge in [0.2, 0.25) is 5.91 Å². The van der Waals surface area contributed by atoms with Gasteiger partial charge in [0.05, 0.1) is 6.10 Å². The SMILES string of the molecule is CSC(C)CC(=O)NCC(O)c1ccc(Cl)cc1Cl. The Labute approximate surface area is 127 Å². The standard InChI is InChI=1S/C13H17Cl2NO2S/c1-8(19-2)5-13(18)16-7-12(17)10-4-3-9(14)6-11(10)15/h3-4,6,8,12,17H,5,7H2,1-2H3,(H,16,18). The van der Waals surface area contributed by atoms with Crippen LogP contribution in [0.4, 0.5) is 0 Å². The summed E-state index contributed by atoms with van der Waals surface area (Å²) >= 11 is 13.4. The first-order valence-corrected chi connectivity index (χ1v) is 7.91. The van der Waals surface area contributed by atoms with Crippen molar-refractivity contribution in [3.05, 3.63) is 33.8 Å². The van der Waals surface area contributed by atoms with Gasteiger partial charge in [-0.25, -0.2) is 0 Å². The molecule has 106 valence electrons. The summed E-state index contributed by atoms with van der Waals surface area (Å²) in [6.07, 6.45) is 1.56. The lowest BCUT2D eigenvalue weighted by atomic mass is 10.1. The van der Waals surface area contributed by atoms with E-state index in [2.05, 4.69) is 5.32 Å². The fraction of sp³-hybridized carbons (Fsp3) is 0.462. The van der Waals surface area contributed by atoms with Gasteiger partial charge in [-0.15, -0.1) is 0 Å². The van der Waals surface area contributed by atoms with Crippen LogP contribution in [0.15, 0.2) is 18.2 Å². The lowest BCUT2D eigenvalue weighted by molar-refractivity contribution is -0.121. The number of aliphatic hydroxyl groups excluding tert-OH is 1. The van der Waals surface area contributed by atoms with Crippen LogP contribution in [0.25, 0.3) is 0 Å². The van der Waals surface area contributed by atoms with E-state index in [-0.39, 0.29) is 17.7 Å². The number of benzene rings is 1. The minimum Gasteiger partial charge on any atom is -0.387 e. The van der Waals surface area contributed by atoms with Gasteiger partial charge < -0.3 is 10.4 Å². The van der Waals surface area contributed by atoms with E-state index < -0.39 is 6.10 Å². The monoisotopic (exact) mass is 321 g/mol. The first-order valence-electron chi connectivity index (χ1n) is 5.86. The van der Waals surface area contributed by atoms with Crippen LogP contribution in [0, 0.1) is 0 Å². The first-order chi connectivity index (χ1) is 8.93. The summed E-state index contributed by atoms with van der Waals surface area (Å²) in [5.41, 5.74) is 0.560. The molecule has 0 bridgehead atoms. The summed E-state index contributed by atoms with van der Waals surface area (Å²) in [5, 5.41) is 13.8. The van der Waals surface area contributed by atoms with Gasteiger partial charge in [0.1, 0.15) is 0 Å². The predicted octanol–water partition coefficient (Wildman–Crippen LogP) is 3.28. The van der Waals surface area contributed by atoms with Crippen LogP contribution in [-0.4, -0.2) is 29.1 Å². The summed E-state index contributed by atoms with van der Waals surface area (Å²) in [4.78, 5) is 11.6. The zero-order valence-electron chi connectivity index (χ0n) is 10.8. The number of rotatable bonds is 6. The average Bonchev–Trinajstić information content (AvgIpc) is 2.35. The quantitative estimate of drug-likeness (QED) is 0.845. The molecule has 0 fully saturated rings. The van der Waals surface area contributed by atoms with Gasteiger partial charge in [-0.3, -0.25) is 4.79 Å². The van der Waals surface area contributed by atoms with E-state index in [1.54, 1.807) is 30.0 Å². The molecule has 0 aromatic heterocycles. The van der Waals surface area contributed by atoms with Crippen molar-refractivity contribution in [1.29, 1.82) is 0 Å². The van der Waals surface area contributed by atoms with Crippen LogP contribution in [0.3, 0.4) is 0 Å². The molecule has 0 aliphatic rings. The molecule has 2 atom stereocenters. The van der Waals surface area contributed by atoms with Crippen molar-refractivity contribution in [3.8, 4) is 0 Å². The van der Waals surface area contributed by atoms with Gasteiger partial charge in [-0.05, 0) is 18.4 Å². The average molecular weight is 322 g/mol. The fourth-order valence-electron chi connectivity index (χ4n) is 1.51. The summed E-state index contributed by atoms with van der Waals surface area (Å²) in [5.74, 6) is -0.0778. The van der Waals surface area contributed by atoms with Crippen molar-refractivity contribution < 1.29 is 9.90 Å². The van der Waals surface area contributed by atoms with Gasteiger partial charge in [0, 0.05) is 33.8 Å². The van der Waals surface area contributed by atoms with E-state index in [1.165, 1.54) is 0 Å². The number of halogens is 2. The van der Waals surface area contributed by atoms with E-state index >= 15 is 0 Å². The molecule has 1 amide bonds. The van der Waals surface area contributed by atoms with E-state index in [1.807, 2.05) is 13.2 Å². The third-order valence-corrected chi connectivity index (χ3v) is 4.22. The first kappa shape index (κ1) is 16.6. The Morgan fingerprint density at radius 2 is 2.16 bits per heavy atom. The number of nitrogens with one attached hydrogen (secondary N) is 1. The number of aliphatic hydroxyl groups is 1. The van der Waals surface area contributed by atoms with Crippen LogP contribution in [0.2, 0.25) is 10.0 Å². The molecule has 2 N–H and O–H groups in total. The second-order valence-electron chi connectivity index (χ2n) is 4.24. The topological polar surface area (TPSA) is 49.3 Å². The Balaban J connectivity index is 2.51. The smallest absolute Gasteiger partial charge is 0.221 e. The number of carbonyl (C=O) groups excluding carboxylic acids is 1. The number of amides is 1. The highest BCUT2D eigenvalue weighted by molar-refractivity contribution is 7.99. The van der Waals surface area contributed by atoms with E-state index in [0.29, 0.717) is 22.0 Å². The molecule has 2 unspecified atom stereocenters. The number of hydrogen-bond donors (Lipinski definition) is 2. The molecule has 0 heterocycles. The second kappa shape index (κ2) is 8.00. The van der Waals surface area contributed by atoms with E-state index in [0.717, 1.165) is 0 Å².